The molecule has 0 amide bonds. The summed E-state index contributed by atoms with van der Waals surface area (Å²) < 4.78 is 45.2. The number of nitrogens with zero attached hydrogens (tertiary/aromatic N) is 3. The van der Waals surface area contributed by atoms with Crippen molar-refractivity contribution in [3.05, 3.63) is 40.3 Å². The Morgan fingerprint density at radius 1 is 1.38 bits per heavy atom. The van der Waals surface area contributed by atoms with Gasteiger partial charge in [0.1, 0.15) is 5.69 Å². The van der Waals surface area contributed by atoms with Crippen LogP contribution in [0.5, 0.6) is 0 Å². The summed E-state index contributed by atoms with van der Waals surface area (Å²) in [5.41, 5.74) is 0.403. The normalized spacial score (nSPS) is 11.6. The fourth-order valence-corrected chi connectivity index (χ4v) is 3.17. The summed E-state index contributed by atoms with van der Waals surface area (Å²) in [5, 5.41) is 5.08. The molecule has 2 heterocycles. The highest BCUT2D eigenvalue weighted by Gasteiger charge is 2.33. The Morgan fingerprint density at radius 2 is 2.04 bits per heavy atom. The topological polar surface area (TPSA) is 57.0 Å². The van der Waals surface area contributed by atoms with Gasteiger partial charge >= 0.3 is 12.1 Å². The molecule has 2 aromatic heterocycles. The summed E-state index contributed by atoms with van der Waals surface area (Å²) >= 11 is 1.43. The molecule has 9 heteroatoms. The minimum Gasteiger partial charge on any atom is -0.465 e. The maximum atomic E-state index is 13.0. The fourth-order valence-electron chi connectivity index (χ4n) is 2.40. The number of alkyl halides is 3. The molecule has 0 saturated heterocycles. The molecule has 130 valence electrons. The van der Waals surface area contributed by atoms with Gasteiger partial charge in [-0.1, -0.05) is 0 Å². The van der Waals surface area contributed by atoms with Crippen molar-refractivity contribution in [3.63, 3.8) is 0 Å². The highest BCUT2D eigenvalue weighted by molar-refractivity contribution is 7.98. The number of hydrogen-bond acceptors (Lipinski definition) is 5. The standard InChI is InChI=1S/C15H16F3N3O2S/c1-8-10(13(24-4)21(2)20-8)7-11-9(14(22)23-3)5-6-12(19-11)15(16,17)18/h5-6H,7H2,1-4H3. The van der Waals surface area contributed by atoms with Gasteiger partial charge in [-0.15, -0.1) is 11.8 Å². The summed E-state index contributed by atoms with van der Waals surface area (Å²) in [6, 6.07) is 1.88. The minimum absolute atomic E-state index is 0.0146. The summed E-state index contributed by atoms with van der Waals surface area (Å²) in [6.45, 7) is 1.76. The summed E-state index contributed by atoms with van der Waals surface area (Å²) in [7, 11) is 2.93. The van der Waals surface area contributed by atoms with Gasteiger partial charge < -0.3 is 4.74 Å². The molecule has 2 rings (SSSR count). The van der Waals surface area contributed by atoms with E-state index >= 15 is 0 Å². The molecule has 0 aliphatic rings. The Hall–Kier alpha value is -2.03. The van der Waals surface area contributed by atoms with E-state index in [4.69, 9.17) is 0 Å². The smallest absolute Gasteiger partial charge is 0.433 e. The summed E-state index contributed by atoms with van der Waals surface area (Å²) in [4.78, 5) is 15.5. The quantitative estimate of drug-likeness (QED) is 0.620. The number of hydrogen-bond donors (Lipinski definition) is 0. The van der Waals surface area contributed by atoms with Gasteiger partial charge in [-0.25, -0.2) is 9.78 Å². The number of esters is 1. The number of aryl methyl sites for hydroxylation is 2. The van der Waals surface area contributed by atoms with Crippen LogP contribution in [0.3, 0.4) is 0 Å². The van der Waals surface area contributed by atoms with Gasteiger partial charge in [0.2, 0.25) is 0 Å². The van der Waals surface area contributed by atoms with Crippen molar-refractivity contribution in [1.82, 2.24) is 14.8 Å². The van der Waals surface area contributed by atoms with E-state index in [0.717, 1.165) is 22.7 Å². The molecule has 0 N–H and O–H groups in total. The molecule has 0 spiro atoms. The lowest BCUT2D eigenvalue weighted by Gasteiger charge is -2.12. The summed E-state index contributed by atoms with van der Waals surface area (Å²) in [5.74, 6) is -0.724. The Morgan fingerprint density at radius 3 is 2.58 bits per heavy atom. The molecule has 0 aromatic carbocycles. The fraction of sp³-hybridized carbons (Fsp3) is 0.400. The highest BCUT2D eigenvalue weighted by Crippen LogP contribution is 2.30. The molecule has 0 aliphatic carbocycles. The van der Waals surface area contributed by atoms with Crippen molar-refractivity contribution in [2.75, 3.05) is 13.4 Å². The first kappa shape index (κ1) is 18.3. The molecule has 0 unspecified atom stereocenters. The molecular formula is C15H16F3N3O2S. The lowest BCUT2D eigenvalue weighted by Crippen LogP contribution is -2.14. The van der Waals surface area contributed by atoms with Gasteiger partial charge in [0.15, 0.2) is 0 Å². The molecule has 5 nitrogen and oxygen atoms in total. The second-order valence-electron chi connectivity index (χ2n) is 5.05. The number of carbonyl (C=O) groups is 1. The number of ether oxygens (including phenoxy) is 1. The van der Waals surface area contributed by atoms with Crippen LogP contribution in [-0.2, 0) is 24.4 Å². The zero-order valence-corrected chi connectivity index (χ0v) is 14.4. The Labute approximate surface area is 141 Å². The molecule has 0 aliphatic heterocycles. The van der Waals surface area contributed by atoms with Crippen LogP contribution in [-0.4, -0.2) is 34.1 Å². The zero-order chi connectivity index (χ0) is 18.1. The van der Waals surface area contributed by atoms with Crippen LogP contribution in [0.1, 0.15) is 33.0 Å². The first-order valence-electron chi connectivity index (χ1n) is 6.91. The Kier molecular flexibility index (Phi) is 5.22. The third-order valence-electron chi connectivity index (χ3n) is 3.50. The molecule has 0 fully saturated rings. The Bertz CT molecular complexity index is 772. The predicted octanol–water partition coefficient (Wildman–Crippen LogP) is 3.24. The Balaban J connectivity index is 2.57. The molecule has 0 atom stereocenters. The van der Waals surface area contributed by atoms with E-state index < -0.39 is 17.8 Å². The minimum atomic E-state index is -4.59. The van der Waals surface area contributed by atoms with Gasteiger partial charge in [-0.3, -0.25) is 4.68 Å². The number of aromatic nitrogens is 3. The van der Waals surface area contributed by atoms with Crippen molar-refractivity contribution in [3.8, 4) is 0 Å². The van der Waals surface area contributed by atoms with Crippen molar-refractivity contribution in [1.29, 1.82) is 0 Å². The SMILES string of the molecule is COC(=O)c1ccc(C(F)(F)F)nc1Cc1c(C)nn(C)c1SC. The number of carbonyl (C=O) groups excluding carboxylic acids is 1. The van der Waals surface area contributed by atoms with E-state index in [0.29, 0.717) is 5.69 Å². The zero-order valence-electron chi connectivity index (χ0n) is 13.6. The third kappa shape index (κ3) is 3.55. The van der Waals surface area contributed by atoms with Crippen LogP contribution in [0.4, 0.5) is 13.2 Å². The van der Waals surface area contributed by atoms with Gasteiger partial charge in [-0.2, -0.15) is 18.3 Å². The second-order valence-corrected chi connectivity index (χ2v) is 5.85. The van der Waals surface area contributed by atoms with Crippen LogP contribution in [0, 0.1) is 6.92 Å². The molecule has 0 bridgehead atoms. The molecule has 0 saturated carbocycles. The maximum Gasteiger partial charge on any atom is 0.433 e. The number of halogens is 3. The maximum absolute atomic E-state index is 13.0. The molecule has 0 radical (unpaired) electrons. The van der Waals surface area contributed by atoms with E-state index in [-0.39, 0.29) is 17.7 Å². The average Bonchev–Trinajstić information content (AvgIpc) is 2.79. The lowest BCUT2D eigenvalue weighted by molar-refractivity contribution is -0.141. The van der Waals surface area contributed by atoms with Gasteiger partial charge in [0.25, 0.3) is 0 Å². The van der Waals surface area contributed by atoms with Crippen LogP contribution < -0.4 is 0 Å². The van der Waals surface area contributed by atoms with Crippen LogP contribution in [0.2, 0.25) is 0 Å². The van der Waals surface area contributed by atoms with Crippen molar-refractivity contribution in [2.24, 2.45) is 7.05 Å². The number of methoxy groups -OCH3 is 1. The van der Waals surface area contributed by atoms with E-state index in [1.54, 1.807) is 18.7 Å². The predicted molar refractivity (Wildman–Crippen MR) is 83.1 cm³/mol. The van der Waals surface area contributed by atoms with E-state index in [9.17, 15) is 18.0 Å². The second kappa shape index (κ2) is 6.84. The van der Waals surface area contributed by atoms with E-state index in [1.165, 1.54) is 18.9 Å². The summed E-state index contributed by atoms with van der Waals surface area (Å²) in [6.07, 6.45) is -2.68. The number of thioether (sulfide) groups is 1. The van der Waals surface area contributed by atoms with Crippen LogP contribution in [0.25, 0.3) is 0 Å². The van der Waals surface area contributed by atoms with Crippen LogP contribution in [0.15, 0.2) is 17.2 Å². The molecular weight excluding hydrogens is 343 g/mol. The first-order valence-corrected chi connectivity index (χ1v) is 8.13. The van der Waals surface area contributed by atoms with Gasteiger partial charge in [0, 0.05) is 19.0 Å². The van der Waals surface area contributed by atoms with Gasteiger partial charge in [0.05, 0.1) is 29.1 Å². The van der Waals surface area contributed by atoms with Gasteiger partial charge in [-0.05, 0) is 25.3 Å². The molecule has 24 heavy (non-hydrogen) atoms. The highest BCUT2D eigenvalue weighted by atomic mass is 32.2. The third-order valence-corrected chi connectivity index (χ3v) is 4.39. The largest absolute Gasteiger partial charge is 0.465 e. The molecule has 2 aromatic rings. The van der Waals surface area contributed by atoms with E-state index in [2.05, 4.69) is 14.8 Å². The van der Waals surface area contributed by atoms with E-state index in [1.807, 2.05) is 6.26 Å². The number of rotatable bonds is 4. The monoisotopic (exact) mass is 359 g/mol. The first-order chi connectivity index (χ1) is 11.2. The van der Waals surface area contributed by atoms with Crippen molar-refractivity contribution >= 4 is 17.7 Å². The van der Waals surface area contributed by atoms with Crippen molar-refractivity contribution < 1.29 is 22.7 Å². The number of pyridine rings is 1. The average molecular weight is 359 g/mol. The lowest BCUT2D eigenvalue weighted by atomic mass is 10.0. The van der Waals surface area contributed by atoms with Crippen molar-refractivity contribution in [2.45, 2.75) is 24.5 Å². The van der Waals surface area contributed by atoms with Crippen LogP contribution >= 0.6 is 11.8 Å².